The van der Waals surface area contributed by atoms with Gasteiger partial charge in [0.25, 0.3) is 5.91 Å². The van der Waals surface area contributed by atoms with Crippen LogP contribution in [0.1, 0.15) is 37.4 Å². The van der Waals surface area contributed by atoms with Gasteiger partial charge in [-0.2, -0.15) is 0 Å². The summed E-state index contributed by atoms with van der Waals surface area (Å²) < 4.78 is 28.6. The summed E-state index contributed by atoms with van der Waals surface area (Å²) in [6, 6.07) is 14.1. The van der Waals surface area contributed by atoms with Crippen LogP contribution in [0.15, 0.2) is 53.4 Å². The summed E-state index contributed by atoms with van der Waals surface area (Å²) >= 11 is 0. The zero-order valence-corrected chi connectivity index (χ0v) is 16.2. The Balaban J connectivity index is 1.94. The van der Waals surface area contributed by atoms with Crippen molar-refractivity contribution in [2.45, 2.75) is 37.6 Å². The molecule has 5 nitrogen and oxygen atoms in total. The van der Waals surface area contributed by atoms with Crippen LogP contribution in [-0.4, -0.2) is 27.2 Å². The van der Waals surface area contributed by atoms with Crippen LogP contribution in [0, 0.1) is 0 Å². The van der Waals surface area contributed by atoms with Gasteiger partial charge in [-0.15, -0.1) is 0 Å². The van der Waals surface area contributed by atoms with E-state index in [0.717, 1.165) is 12.0 Å². The molecular formula is C20H25NO4S. The quantitative estimate of drug-likeness (QED) is 0.768. The van der Waals surface area contributed by atoms with Gasteiger partial charge in [-0.05, 0) is 48.2 Å². The van der Waals surface area contributed by atoms with E-state index in [1.165, 1.54) is 11.8 Å². The van der Waals surface area contributed by atoms with Crippen LogP contribution < -0.4 is 10.1 Å². The number of carbonyl (C=O) groups excluding carboxylic acids is 1. The lowest BCUT2D eigenvalue weighted by Gasteiger charge is -2.18. The molecule has 2 aromatic carbocycles. The molecule has 1 atom stereocenters. The van der Waals surface area contributed by atoms with Gasteiger partial charge in [0.15, 0.2) is 16.4 Å². The maximum absolute atomic E-state index is 12.2. The Morgan fingerprint density at radius 1 is 1.04 bits per heavy atom. The van der Waals surface area contributed by atoms with Crippen molar-refractivity contribution in [1.82, 2.24) is 5.32 Å². The van der Waals surface area contributed by atoms with E-state index in [2.05, 4.69) is 12.2 Å². The van der Waals surface area contributed by atoms with Crippen LogP contribution >= 0.6 is 0 Å². The SMILES string of the molecule is CCc1ccc(OCC(=O)N[C@H](CC)c2ccc(S(C)(=O)=O)cc2)cc1. The molecule has 0 aromatic heterocycles. The molecule has 1 amide bonds. The summed E-state index contributed by atoms with van der Waals surface area (Å²) in [7, 11) is -3.23. The van der Waals surface area contributed by atoms with Crippen molar-refractivity contribution >= 4 is 15.7 Å². The van der Waals surface area contributed by atoms with E-state index in [1.54, 1.807) is 24.3 Å². The Bertz CT molecular complexity index is 827. The highest BCUT2D eigenvalue weighted by molar-refractivity contribution is 7.90. The smallest absolute Gasteiger partial charge is 0.258 e. The van der Waals surface area contributed by atoms with Crippen LogP contribution in [-0.2, 0) is 21.1 Å². The second-order valence-electron chi connectivity index (χ2n) is 6.16. The number of benzene rings is 2. The Kier molecular flexibility index (Phi) is 6.80. The Hall–Kier alpha value is -2.34. The predicted molar refractivity (Wildman–Crippen MR) is 102 cm³/mol. The minimum absolute atomic E-state index is 0.0661. The highest BCUT2D eigenvalue weighted by Gasteiger charge is 2.14. The maximum Gasteiger partial charge on any atom is 0.258 e. The lowest BCUT2D eigenvalue weighted by Crippen LogP contribution is -2.32. The minimum Gasteiger partial charge on any atom is -0.484 e. The first-order valence-corrected chi connectivity index (χ1v) is 10.5. The van der Waals surface area contributed by atoms with E-state index in [0.29, 0.717) is 12.2 Å². The third-order valence-electron chi connectivity index (χ3n) is 4.16. The van der Waals surface area contributed by atoms with Gasteiger partial charge in [0.05, 0.1) is 10.9 Å². The summed E-state index contributed by atoms with van der Waals surface area (Å²) in [6.45, 7) is 3.97. The largest absolute Gasteiger partial charge is 0.484 e. The Morgan fingerprint density at radius 3 is 2.15 bits per heavy atom. The summed E-state index contributed by atoms with van der Waals surface area (Å²) in [5, 5.41) is 2.92. The first-order valence-electron chi connectivity index (χ1n) is 8.64. The molecule has 140 valence electrons. The molecule has 0 radical (unpaired) electrons. The molecule has 0 fully saturated rings. The van der Waals surface area contributed by atoms with Crippen LogP contribution in [0.25, 0.3) is 0 Å². The number of hydrogen-bond donors (Lipinski definition) is 1. The summed E-state index contributed by atoms with van der Waals surface area (Å²) in [6.07, 6.45) is 2.82. The Labute approximate surface area is 155 Å². The minimum atomic E-state index is -3.23. The van der Waals surface area contributed by atoms with Crippen molar-refractivity contribution in [1.29, 1.82) is 0 Å². The molecule has 0 unspecified atom stereocenters. The van der Waals surface area contributed by atoms with E-state index in [-0.39, 0.29) is 23.5 Å². The summed E-state index contributed by atoms with van der Waals surface area (Å²) in [5.74, 6) is 0.437. The fourth-order valence-electron chi connectivity index (χ4n) is 2.57. The number of ether oxygens (including phenoxy) is 1. The van der Waals surface area contributed by atoms with Crippen LogP contribution in [0.2, 0.25) is 0 Å². The molecule has 0 saturated carbocycles. The highest BCUT2D eigenvalue weighted by atomic mass is 32.2. The van der Waals surface area contributed by atoms with Crippen molar-refractivity contribution < 1.29 is 17.9 Å². The van der Waals surface area contributed by atoms with E-state index in [1.807, 2.05) is 31.2 Å². The first-order chi connectivity index (χ1) is 12.3. The second kappa shape index (κ2) is 8.85. The van der Waals surface area contributed by atoms with E-state index in [4.69, 9.17) is 4.74 Å². The van der Waals surface area contributed by atoms with Gasteiger partial charge >= 0.3 is 0 Å². The van der Waals surface area contributed by atoms with E-state index in [9.17, 15) is 13.2 Å². The molecular weight excluding hydrogens is 350 g/mol. The zero-order valence-electron chi connectivity index (χ0n) is 15.4. The molecule has 0 saturated heterocycles. The average Bonchev–Trinajstić information content (AvgIpc) is 2.64. The molecule has 2 rings (SSSR count). The number of aryl methyl sites for hydroxylation is 1. The number of hydrogen-bond acceptors (Lipinski definition) is 4. The number of rotatable bonds is 8. The molecule has 0 aliphatic heterocycles. The molecule has 0 aliphatic rings. The Morgan fingerprint density at radius 2 is 1.65 bits per heavy atom. The molecule has 0 spiro atoms. The third-order valence-corrected chi connectivity index (χ3v) is 5.28. The molecule has 0 bridgehead atoms. The topological polar surface area (TPSA) is 72.5 Å². The normalized spacial score (nSPS) is 12.4. The molecule has 0 aliphatic carbocycles. The van der Waals surface area contributed by atoms with Crippen molar-refractivity contribution in [3.63, 3.8) is 0 Å². The second-order valence-corrected chi connectivity index (χ2v) is 8.17. The molecule has 1 N–H and O–H groups in total. The summed E-state index contributed by atoms with van der Waals surface area (Å²) in [5.41, 5.74) is 2.07. The third kappa shape index (κ3) is 5.59. The van der Waals surface area contributed by atoms with Gasteiger partial charge in [0, 0.05) is 6.26 Å². The molecule has 2 aromatic rings. The standard InChI is InChI=1S/C20H25NO4S/c1-4-15-6-10-17(11-7-15)25-14-20(22)21-19(5-2)16-8-12-18(13-9-16)26(3,23)24/h6-13,19H,4-5,14H2,1-3H3,(H,21,22)/t19-/m1/s1. The number of sulfone groups is 1. The average molecular weight is 375 g/mol. The van der Waals surface area contributed by atoms with Gasteiger partial charge in [-0.1, -0.05) is 38.1 Å². The van der Waals surface area contributed by atoms with E-state index >= 15 is 0 Å². The monoisotopic (exact) mass is 375 g/mol. The van der Waals surface area contributed by atoms with Gasteiger partial charge in [-0.3, -0.25) is 4.79 Å². The molecule has 6 heteroatoms. The number of amides is 1. The predicted octanol–water partition coefficient (Wildman–Crippen LogP) is 3.30. The fourth-order valence-corrected chi connectivity index (χ4v) is 3.21. The summed E-state index contributed by atoms with van der Waals surface area (Å²) in [4.78, 5) is 12.4. The zero-order chi connectivity index (χ0) is 19.2. The fraction of sp³-hybridized carbons (Fsp3) is 0.350. The van der Waals surface area contributed by atoms with Crippen molar-refractivity contribution in [3.8, 4) is 5.75 Å². The molecule has 0 heterocycles. The highest BCUT2D eigenvalue weighted by Crippen LogP contribution is 2.19. The maximum atomic E-state index is 12.2. The first kappa shape index (κ1) is 20.0. The van der Waals surface area contributed by atoms with Gasteiger partial charge in [-0.25, -0.2) is 8.42 Å². The van der Waals surface area contributed by atoms with Crippen LogP contribution in [0.3, 0.4) is 0 Å². The molecule has 26 heavy (non-hydrogen) atoms. The number of carbonyl (C=O) groups is 1. The van der Waals surface area contributed by atoms with Gasteiger partial charge in [0.2, 0.25) is 0 Å². The lowest BCUT2D eigenvalue weighted by molar-refractivity contribution is -0.123. The van der Waals surface area contributed by atoms with Crippen molar-refractivity contribution in [3.05, 3.63) is 59.7 Å². The number of nitrogens with one attached hydrogen (secondary N) is 1. The van der Waals surface area contributed by atoms with Gasteiger partial charge in [0.1, 0.15) is 5.75 Å². The van der Waals surface area contributed by atoms with Crippen LogP contribution in [0.4, 0.5) is 0 Å². The van der Waals surface area contributed by atoms with E-state index < -0.39 is 9.84 Å². The van der Waals surface area contributed by atoms with Crippen LogP contribution in [0.5, 0.6) is 5.75 Å². The van der Waals surface area contributed by atoms with Gasteiger partial charge < -0.3 is 10.1 Å². The lowest BCUT2D eigenvalue weighted by atomic mass is 10.0. The van der Waals surface area contributed by atoms with Crippen molar-refractivity contribution in [2.24, 2.45) is 0 Å². The van der Waals surface area contributed by atoms with Crippen molar-refractivity contribution in [2.75, 3.05) is 12.9 Å².